The fraction of sp³-hybridized carbons (Fsp3) is 0.250. The van der Waals surface area contributed by atoms with Crippen LogP contribution < -0.4 is 10.1 Å². The van der Waals surface area contributed by atoms with Crippen LogP contribution in [0.25, 0.3) is 0 Å². The number of ether oxygens (including phenoxy) is 1. The number of hydrogen-bond acceptors (Lipinski definition) is 3. The molecular formula is C16H17FN2O2. The lowest BCUT2D eigenvalue weighted by atomic mass is 10.2. The maximum Gasteiger partial charge on any atom is 0.251 e. The van der Waals surface area contributed by atoms with Crippen molar-refractivity contribution in [2.45, 2.75) is 12.8 Å². The van der Waals surface area contributed by atoms with Crippen molar-refractivity contribution < 1.29 is 13.9 Å². The summed E-state index contributed by atoms with van der Waals surface area (Å²) in [6, 6.07) is 9.27. The molecule has 5 heteroatoms. The Balaban J connectivity index is 1.58. The summed E-state index contributed by atoms with van der Waals surface area (Å²) < 4.78 is 18.2. The van der Waals surface area contributed by atoms with Gasteiger partial charge in [0, 0.05) is 24.5 Å². The highest BCUT2D eigenvalue weighted by Gasteiger charge is 2.03. The zero-order valence-electron chi connectivity index (χ0n) is 11.6. The van der Waals surface area contributed by atoms with Crippen LogP contribution >= 0.6 is 0 Å². The van der Waals surface area contributed by atoms with E-state index in [4.69, 9.17) is 4.74 Å². The molecule has 0 bridgehead atoms. The predicted molar refractivity (Wildman–Crippen MR) is 77.7 cm³/mol. The van der Waals surface area contributed by atoms with Gasteiger partial charge >= 0.3 is 0 Å². The number of benzene rings is 1. The van der Waals surface area contributed by atoms with Crippen molar-refractivity contribution in [1.82, 2.24) is 10.3 Å². The van der Waals surface area contributed by atoms with E-state index in [1.165, 1.54) is 12.1 Å². The second-order valence-electron chi connectivity index (χ2n) is 4.50. The first-order valence-corrected chi connectivity index (χ1v) is 6.82. The molecule has 0 aliphatic heterocycles. The van der Waals surface area contributed by atoms with E-state index in [2.05, 4.69) is 10.3 Å². The van der Waals surface area contributed by atoms with E-state index in [0.717, 1.165) is 12.8 Å². The quantitative estimate of drug-likeness (QED) is 0.797. The Morgan fingerprint density at radius 3 is 2.52 bits per heavy atom. The molecule has 0 aliphatic rings. The first-order chi connectivity index (χ1) is 10.3. The van der Waals surface area contributed by atoms with Crippen molar-refractivity contribution in [2.75, 3.05) is 13.2 Å². The topological polar surface area (TPSA) is 51.2 Å². The number of nitrogens with zero attached hydrogens (tertiary/aromatic N) is 1. The molecule has 0 spiro atoms. The number of aromatic nitrogens is 1. The Hall–Kier alpha value is -2.43. The first kappa shape index (κ1) is 15.0. The number of pyridine rings is 1. The molecule has 0 saturated carbocycles. The third-order valence-corrected chi connectivity index (χ3v) is 2.88. The minimum Gasteiger partial charge on any atom is -0.494 e. The fourth-order valence-corrected chi connectivity index (χ4v) is 1.76. The van der Waals surface area contributed by atoms with Gasteiger partial charge in [0.05, 0.1) is 6.61 Å². The molecule has 0 fully saturated rings. The fourth-order valence-electron chi connectivity index (χ4n) is 1.76. The van der Waals surface area contributed by atoms with Gasteiger partial charge in [0.2, 0.25) is 0 Å². The number of nitrogens with one attached hydrogen (secondary N) is 1. The Bertz CT molecular complexity index is 558. The number of halogens is 1. The molecular weight excluding hydrogens is 271 g/mol. The minimum atomic E-state index is -0.277. The van der Waals surface area contributed by atoms with Crippen LogP contribution in [-0.4, -0.2) is 24.0 Å². The third kappa shape index (κ3) is 5.22. The number of carbonyl (C=O) groups excluding carboxylic acids is 1. The zero-order chi connectivity index (χ0) is 14.9. The van der Waals surface area contributed by atoms with E-state index in [1.54, 1.807) is 36.7 Å². The molecule has 4 nitrogen and oxygen atoms in total. The molecule has 1 heterocycles. The van der Waals surface area contributed by atoms with Crippen molar-refractivity contribution in [1.29, 1.82) is 0 Å². The van der Waals surface area contributed by atoms with Crippen molar-refractivity contribution in [3.05, 3.63) is 60.2 Å². The van der Waals surface area contributed by atoms with Crippen LogP contribution in [-0.2, 0) is 0 Å². The van der Waals surface area contributed by atoms with Crippen molar-refractivity contribution >= 4 is 5.91 Å². The molecule has 2 aromatic rings. The Morgan fingerprint density at radius 1 is 1.10 bits per heavy atom. The molecule has 0 aliphatic carbocycles. The SMILES string of the molecule is O=C(NCCCCOc1ccc(F)cc1)c1ccncc1. The molecule has 21 heavy (non-hydrogen) atoms. The van der Waals surface area contributed by atoms with Gasteiger partial charge in [-0.3, -0.25) is 9.78 Å². The lowest BCUT2D eigenvalue weighted by Crippen LogP contribution is -2.24. The largest absolute Gasteiger partial charge is 0.494 e. The van der Waals surface area contributed by atoms with Crippen LogP contribution in [0.4, 0.5) is 4.39 Å². The molecule has 0 radical (unpaired) electrons. The van der Waals surface area contributed by atoms with Crippen molar-refractivity contribution in [3.8, 4) is 5.75 Å². The molecule has 110 valence electrons. The second kappa shape index (κ2) is 7.99. The van der Waals surface area contributed by atoms with Gasteiger partial charge in [-0.2, -0.15) is 0 Å². The molecule has 0 unspecified atom stereocenters. The van der Waals surface area contributed by atoms with E-state index in [1.807, 2.05) is 0 Å². The molecule has 0 atom stereocenters. The van der Waals surface area contributed by atoms with Crippen LogP contribution in [0, 0.1) is 5.82 Å². The van der Waals surface area contributed by atoms with Crippen molar-refractivity contribution in [2.24, 2.45) is 0 Å². The van der Waals surface area contributed by atoms with Gasteiger partial charge in [-0.05, 0) is 49.2 Å². The van der Waals surface area contributed by atoms with E-state index in [9.17, 15) is 9.18 Å². The molecule has 1 N–H and O–H groups in total. The third-order valence-electron chi connectivity index (χ3n) is 2.88. The summed E-state index contributed by atoms with van der Waals surface area (Å²) in [5.74, 6) is 0.273. The minimum absolute atomic E-state index is 0.100. The summed E-state index contributed by atoms with van der Waals surface area (Å²) in [5.41, 5.74) is 0.604. The summed E-state index contributed by atoms with van der Waals surface area (Å²) in [7, 11) is 0. The summed E-state index contributed by atoms with van der Waals surface area (Å²) in [4.78, 5) is 15.6. The van der Waals surface area contributed by atoms with Gasteiger partial charge in [-0.1, -0.05) is 0 Å². The molecule has 1 amide bonds. The number of rotatable bonds is 7. The van der Waals surface area contributed by atoms with E-state index < -0.39 is 0 Å². The standard InChI is InChI=1S/C16H17FN2O2/c17-14-3-5-15(6-4-14)21-12-2-1-9-19-16(20)13-7-10-18-11-8-13/h3-8,10-11H,1-2,9,12H2,(H,19,20). The van der Waals surface area contributed by atoms with Crippen LogP contribution in [0.3, 0.4) is 0 Å². The number of hydrogen-bond donors (Lipinski definition) is 1. The number of amides is 1. The molecule has 1 aromatic carbocycles. The second-order valence-corrected chi connectivity index (χ2v) is 4.50. The van der Waals surface area contributed by atoms with Crippen LogP contribution in [0.5, 0.6) is 5.75 Å². The first-order valence-electron chi connectivity index (χ1n) is 6.82. The van der Waals surface area contributed by atoms with Crippen LogP contribution in [0.2, 0.25) is 0 Å². The Kier molecular flexibility index (Phi) is 5.70. The summed E-state index contributed by atoms with van der Waals surface area (Å²) in [5, 5.41) is 2.83. The van der Waals surface area contributed by atoms with Gasteiger partial charge in [0.15, 0.2) is 0 Å². The van der Waals surface area contributed by atoms with Gasteiger partial charge in [0.25, 0.3) is 5.91 Å². The van der Waals surface area contributed by atoms with Gasteiger partial charge in [-0.15, -0.1) is 0 Å². The van der Waals surface area contributed by atoms with Gasteiger partial charge in [-0.25, -0.2) is 4.39 Å². The lowest BCUT2D eigenvalue weighted by Gasteiger charge is -2.07. The normalized spacial score (nSPS) is 10.1. The number of carbonyl (C=O) groups is 1. The highest BCUT2D eigenvalue weighted by molar-refractivity contribution is 5.93. The highest BCUT2D eigenvalue weighted by atomic mass is 19.1. The maximum atomic E-state index is 12.7. The zero-order valence-corrected chi connectivity index (χ0v) is 11.6. The highest BCUT2D eigenvalue weighted by Crippen LogP contribution is 2.11. The smallest absolute Gasteiger partial charge is 0.251 e. The van der Waals surface area contributed by atoms with Crippen LogP contribution in [0.1, 0.15) is 23.2 Å². The maximum absolute atomic E-state index is 12.7. The molecule has 2 rings (SSSR count). The Morgan fingerprint density at radius 2 is 1.81 bits per heavy atom. The van der Waals surface area contributed by atoms with Gasteiger partial charge in [0.1, 0.15) is 11.6 Å². The number of unbranched alkanes of at least 4 members (excludes halogenated alkanes) is 1. The van der Waals surface area contributed by atoms with E-state index in [0.29, 0.717) is 24.5 Å². The van der Waals surface area contributed by atoms with Crippen LogP contribution in [0.15, 0.2) is 48.8 Å². The van der Waals surface area contributed by atoms with E-state index >= 15 is 0 Å². The van der Waals surface area contributed by atoms with Crippen molar-refractivity contribution in [3.63, 3.8) is 0 Å². The lowest BCUT2D eigenvalue weighted by molar-refractivity contribution is 0.0952. The predicted octanol–water partition coefficient (Wildman–Crippen LogP) is 2.81. The Labute approximate surface area is 123 Å². The summed E-state index contributed by atoms with van der Waals surface area (Å²) >= 11 is 0. The average Bonchev–Trinajstić information content (AvgIpc) is 2.53. The molecule has 0 saturated heterocycles. The summed E-state index contributed by atoms with van der Waals surface area (Å²) in [6.07, 6.45) is 4.81. The van der Waals surface area contributed by atoms with Gasteiger partial charge < -0.3 is 10.1 Å². The summed E-state index contributed by atoms with van der Waals surface area (Å²) in [6.45, 7) is 1.13. The monoisotopic (exact) mass is 288 g/mol. The molecule has 1 aromatic heterocycles. The van der Waals surface area contributed by atoms with E-state index in [-0.39, 0.29) is 11.7 Å². The average molecular weight is 288 g/mol.